The molecule has 7 nitrogen and oxygen atoms in total. The van der Waals surface area contributed by atoms with Crippen molar-refractivity contribution in [3.8, 4) is 5.69 Å². The van der Waals surface area contributed by atoms with Gasteiger partial charge >= 0.3 is 5.97 Å². The predicted octanol–water partition coefficient (Wildman–Crippen LogP) is 3.32. The second-order valence-corrected chi connectivity index (χ2v) is 6.66. The van der Waals surface area contributed by atoms with E-state index in [1.807, 2.05) is 6.92 Å². The molecule has 0 aliphatic rings. The van der Waals surface area contributed by atoms with Crippen molar-refractivity contribution in [2.75, 3.05) is 7.11 Å². The molecule has 0 saturated heterocycles. The lowest BCUT2D eigenvalue weighted by atomic mass is 10.0. The highest BCUT2D eigenvalue weighted by Crippen LogP contribution is 2.22. The van der Waals surface area contributed by atoms with Crippen LogP contribution in [0.25, 0.3) is 5.69 Å². The molecule has 0 radical (unpaired) electrons. The predicted molar refractivity (Wildman–Crippen MR) is 106 cm³/mol. The topological polar surface area (TPSA) is 89.0 Å². The molecular weight excluding hydrogens is 375 g/mol. The number of nitrogens with one attached hydrogen (secondary N) is 2. The number of aryl methyl sites for hydroxylation is 1. The smallest absolute Gasteiger partial charge is 0.339 e. The summed E-state index contributed by atoms with van der Waals surface area (Å²) in [7, 11) is 1.31. The lowest BCUT2D eigenvalue weighted by Crippen LogP contribution is -2.24. The zero-order valence-electron chi connectivity index (χ0n) is 16.6. The summed E-state index contributed by atoms with van der Waals surface area (Å²) in [6.07, 6.45) is 6.07. The fourth-order valence-electron chi connectivity index (χ4n) is 3.29. The Labute approximate surface area is 167 Å². The van der Waals surface area contributed by atoms with Crippen LogP contribution in [0.1, 0.15) is 51.0 Å². The molecule has 3 aromatic rings. The highest BCUT2D eigenvalue weighted by atomic mass is 19.1. The fourth-order valence-corrected chi connectivity index (χ4v) is 3.29. The van der Waals surface area contributed by atoms with Crippen LogP contribution in [0.4, 0.5) is 4.39 Å². The van der Waals surface area contributed by atoms with E-state index in [0.29, 0.717) is 40.2 Å². The van der Waals surface area contributed by atoms with E-state index in [1.54, 1.807) is 36.0 Å². The van der Waals surface area contributed by atoms with Gasteiger partial charge in [0.05, 0.1) is 24.7 Å². The van der Waals surface area contributed by atoms with Crippen molar-refractivity contribution in [2.45, 2.75) is 33.2 Å². The van der Waals surface area contributed by atoms with Gasteiger partial charge in [0.2, 0.25) is 0 Å². The first kappa shape index (κ1) is 20.3. The van der Waals surface area contributed by atoms with E-state index < -0.39 is 11.8 Å². The van der Waals surface area contributed by atoms with Crippen molar-refractivity contribution < 1.29 is 18.7 Å². The number of carbonyl (C=O) groups excluding carboxylic acids is 2. The average molecular weight is 398 g/mol. The summed E-state index contributed by atoms with van der Waals surface area (Å²) in [6.45, 7) is 3.85. The first-order chi connectivity index (χ1) is 14.0. The van der Waals surface area contributed by atoms with Gasteiger partial charge in [0.15, 0.2) is 0 Å². The molecule has 0 unspecified atom stereocenters. The third-order valence-corrected chi connectivity index (χ3v) is 4.66. The van der Waals surface area contributed by atoms with Crippen molar-refractivity contribution in [3.63, 3.8) is 0 Å². The molecule has 2 heterocycles. The van der Waals surface area contributed by atoms with E-state index in [2.05, 4.69) is 15.3 Å². The maximum atomic E-state index is 14.4. The lowest BCUT2D eigenvalue weighted by Gasteiger charge is -2.09. The number of halogens is 1. The van der Waals surface area contributed by atoms with Crippen molar-refractivity contribution in [3.05, 3.63) is 70.8 Å². The monoisotopic (exact) mass is 398 g/mol. The Balaban J connectivity index is 1.77. The molecule has 0 spiro atoms. The van der Waals surface area contributed by atoms with Crippen LogP contribution in [0.15, 0.2) is 36.9 Å². The molecule has 3 rings (SSSR count). The van der Waals surface area contributed by atoms with Crippen LogP contribution in [0.2, 0.25) is 0 Å². The SMILES string of the molecule is CCCc1c(C(=O)NCc2ccc(-n3ccnc3)c(F)c2)[nH]c(C)c1C(=O)OC. The summed E-state index contributed by atoms with van der Waals surface area (Å²) in [6, 6.07) is 4.75. The largest absolute Gasteiger partial charge is 0.465 e. The number of ether oxygens (including phenoxy) is 1. The first-order valence-corrected chi connectivity index (χ1v) is 9.31. The number of hydrogen-bond donors (Lipinski definition) is 2. The van der Waals surface area contributed by atoms with E-state index in [-0.39, 0.29) is 12.5 Å². The molecule has 29 heavy (non-hydrogen) atoms. The van der Waals surface area contributed by atoms with Crippen LogP contribution in [-0.2, 0) is 17.7 Å². The molecule has 0 fully saturated rings. The van der Waals surface area contributed by atoms with Crippen LogP contribution < -0.4 is 5.32 Å². The number of aromatic amines is 1. The van der Waals surface area contributed by atoms with Gasteiger partial charge in [-0.3, -0.25) is 4.79 Å². The number of methoxy groups -OCH3 is 1. The third-order valence-electron chi connectivity index (χ3n) is 4.66. The Morgan fingerprint density at radius 2 is 2.14 bits per heavy atom. The Kier molecular flexibility index (Phi) is 6.11. The molecule has 1 amide bonds. The third kappa shape index (κ3) is 4.21. The number of H-pyrrole nitrogens is 1. The number of hydrogen-bond acceptors (Lipinski definition) is 4. The van der Waals surface area contributed by atoms with Gasteiger partial charge in [-0.25, -0.2) is 14.2 Å². The van der Waals surface area contributed by atoms with Gasteiger partial charge in [-0.1, -0.05) is 19.4 Å². The molecule has 0 saturated carbocycles. The number of rotatable bonds is 7. The van der Waals surface area contributed by atoms with E-state index in [4.69, 9.17) is 4.74 Å². The van der Waals surface area contributed by atoms with Crippen molar-refractivity contribution in [1.29, 1.82) is 0 Å². The Hall–Kier alpha value is -3.42. The highest BCUT2D eigenvalue weighted by molar-refractivity contribution is 6.00. The molecule has 1 aromatic carbocycles. The van der Waals surface area contributed by atoms with Crippen molar-refractivity contribution in [2.24, 2.45) is 0 Å². The van der Waals surface area contributed by atoms with E-state index in [0.717, 1.165) is 6.42 Å². The molecular formula is C21H23FN4O3. The molecule has 8 heteroatoms. The molecule has 0 aliphatic heterocycles. The normalized spacial score (nSPS) is 10.8. The molecule has 0 bridgehead atoms. The number of carbonyl (C=O) groups is 2. The minimum absolute atomic E-state index is 0.150. The number of nitrogens with zero attached hydrogens (tertiary/aromatic N) is 2. The highest BCUT2D eigenvalue weighted by Gasteiger charge is 2.24. The van der Waals surface area contributed by atoms with Gasteiger partial charge in [0.25, 0.3) is 5.91 Å². The molecule has 2 N–H and O–H groups in total. The molecule has 2 aromatic heterocycles. The van der Waals surface area contributed by atoms with Gasteiger partial charge in [-0.2, -0.15) is 0 Å². The van der Waals surface area contributed by atoms with Crippen molar-refractivity contribution >= 4 is 11.9 Å². The zero-order valence-corrected chi connectivity index (χ0v) is 16.6. The Morgan fingerprint density at radius 1 is 1.34 bits per heavy atom. The van der Waals surface area contributed by atoms with Crippen molar-refractivity contribution in [1.82, 2.24) is 19.9 Å². The second kappa shape index (κ2) is 8.72. The summed E-state index contributed by atoms with van der Waals surface area (Å²) in [5.74, 6) is -1.24. The maximum absolute atomic E-state index is 14.4. The second-order valence-electron chi connectivity index (χ2n) is 6.66. The van der Waals surface area contributed by atoms with Gasteiger partial charge < -0.3 is 19.6 Å². The van der Waals surface area contributed by atoms with E-state index in [1.165, 1.54) is 19.5 Å². The quantitative estimate of drug-likeness (QED) is 0.598. The Morgan fingerprint density at radius 3 is 2.76 bits per heavy atom. The number of benzene rings is 1. The minimum Gasteiger partial charge on any atom is -0.465 e. The standard InChI is InChI=1S/C21H23FN4O3/c1-4-5-15-18(21(28)29-3)13(2)25-19(15)20(27)24-11-14-6-7-17(16(22)10-14)26-9-8-23-12-26/h6-10,12,25H,4-5,11H2,1-3H3,(H,24,27). The molecule has 0 atom stereocenters. The van der Waals surface area contributed by atoms with Gasteiger partial charge in [-0.05, 0) is 36.6 Å². The fraction of sp³-hybridized carbons (Fsp3) is 0.286. The minimum atomic E-state index is -0.474. The van der Waals surface area contributed by atoms with E-state index >= 15 is 0 Å². The maximum Gasteiger partial charge on any atom is 0.339 e. The number of aromatic nitrogens is 3. The number of imidazole rings is 1. The van der Waals surface area contributed by atoms with Gasteiger partial charge in [0.1, 0.15) is 11.5 Å². The number of esters is 1. The van der Waals surface area contributed by atoms with Gasteiger partial charge in [-0.15, -0.1) is 0 Å². The first-order valence-electron chi connectivity index (χ1n) is 9.31. The summed E-state index contributed by atoms with van der Waals surface area (Å²) < 4.78 is 20.8. The summed E-state index contributed by atoms with van der Waals surface area (Å²) in [5.41, 5.74) is 2.95. The van der Waals surface area contributed by atoms with E-state index in [9.17, 15) is 14.0 Å². The zero-order chi connectivity index (χ0) is 21.0. The summed E-state index contributed by atoms with van der Waals surface area (Å²) >= 11 is 0. The summed E-state index contributed by atoms with van der Waals surface area (Å²) in [4.78, 5) is 31.7. The number of amides is 1. The van der Waals surface area contributed by atoms with Crippen LogP contribution in [0.3, 0.4) is 0 Å². The molecule has 152 valence electrons. The Bertz CT molecular complexity index is 1020. The van der Waals surface area contributed by atoms with Crippen LogP contribution in [-0.4, -0.2) is 33.5 Å². The lowest BCUT2D eigenvalue weighted by molar-refractivity contribution is 0.0599. The summed E-state index contributed by atoms with van der Waals surface area (Å²) in [5, 5.41) is 2.78. The van der Waals surface area contributed by atoms with Crippen LogP contribution in [0, 0.1) is 12.7 Å². The van der Waals surface area contributed by atoms with Crippen LogP contribution in [0.5, 0.6) is 0 Å². The van der Waals surface area contributed by atoms with Crippen LogP contribution >= 0.6 is 0 Å². The molecule has 0 aliphatic carbocycles. The average Bonchev–Trinajstić information content (AvgIpc) is 3.34. The van der Waals surface area contributed by atoms with Gasteiger partial charge in [0, 0.05) is 24.6 Å².